The third-order valence-corrected chi connectivity index (χ3v) is 6.39. The van der Waals surface area contributed by atoms with E-state index in [0.29, 0.717) is 27.3 Å². The number of thiocarbonyl (C=S) groups is 1. The van der Waals surface area contributed by atoms with Crippen molar-refractivity contribution in [3.05, 3.63) is 107 Å². The molecule has 2 aromatic carbocycles. The van der Waals surface area contributed by atoms with Gasteiger partial charge in [-0.2, -0.15) is 0 Å². The lowest BCUT2D eigenvalue weighted by Crippen LogP contribution is -2.30. The number of furan rings is 1. The summed E-state index contributed by atoms with van der Waals surface area (Å²) in [4.78, 5) is 6.27. The molecule has 4 nitrogen and oxygen atoms in total. The summed E-state index contributed by atoms with van der Waals surface area (Å²) in [5.41, 5.74) is 3.01. The number of hydrogen-bond acceptors (Lipinski definition) is 3. The Hall–Kier alpha value is -3.22. The van der Waals surface area contributed by atoms with Crippen LogP contribution in [0.5, 0.6) is 0 Å². The quantitative estimate of drug-likeness (QED) is 0.344. The summed E-state index contributed by atoms with van der Waals surface area (Å²) < 4.78 is 21.1. The molecule has 0 radical (unpaired) electrons. The van der Waals surface area contributed by atoms with Crippen molar-refractivity contribution in [2.45, 2.75) is 19.0 Å². The number of rotatable bonds is 4. The summed E-state index contributed by atoms with van der Waals surface area (Å²) in [6.45, 7) is 1.95. The second kappa shape index (κ2) is 8.37. The maximum Gasteiger partial charge on any atom is 0.174 e. The lowest BCUT2D eigenvalue weighted by molar-refractivity contribution is 0.437. The van der Waals surface area contributed by atoms with Gasteiger partial charge in [0.2, 0.25) is 0 Å². The van der Waals surface area contributed by atoms with E-state index in [4.69, 9.17) is 28.2 Å². The molecule has 2 aromatic heterocycles. The van der Waals surface area contributed by atoms with Gasteiger partial charge in [-0.25, -0.2) is 4.39 Å². The Kier molecular flexibility index (Phi) is 5.41. The van der Waals surface area contributed by atoms with Gasteiger partial charge < -0.3 is 14.6 Å². The van der Waals surface area contributed by atoms with E-state index in [0.717, 1.165) is 16.8 Å². The van der Waals surface area contributed by atoms with Crippen molar-refractivity contribution >= 4 is 34.6 Å². The van der Waals surface area contributed by atoms with Crippen LogP contribution in [0.15, 0.2) is 83.4 Å². The second-order valence-electron chi connectivity index (χ2n) is 7.56. The summed E-state index contributed by atoms with van der Waals surface area (Å²) in [5, 5.41) is 4.39. The highest BCUT2D eigenvalue weighted by atomic mass is 35.5. The number of benzene rings is 2. The molecule has 2 atom stereocenters. The van der Waals surface area contributed by atoms with Gasteiger partial charge in [0.05, 0.1) is 17.4 Å². The summed E-state index contributed by atoms with van der Waals surface area (Å²) in [6.07, 6.45) is 1.73. The molecule has 0 bridgehead atoms. The molecule has 0 saturated carbocycles. The molecule has 32 heavy (non-hydrogen) atoms. The zero-order chi connectivity index (χ0) is 22.2. The van der Waals surface area contributed by atoms with Crippen LogP contribution < -0.4 is 10.2 Å². The van der Waals surface area contributed by atoms with E-state index < -0.39 is 6.04 Å². The Morgan fingerprint density at radius 3 is 2.62 bits per heavy atom. The Morgan fingerprint density at radius 1 is 1.03 bits per heavy atom. The first-order chi connectivity index (χ1) is 15.5. The lowest BCUT2D eigenvalue weighted by Gasteiger charge is -2.26. The van der Waals surface area contributed by atoms with Crippen molar-refractivity contribution in [3.63, 3.8) is 0 Å². The zero-order valence-corrected chi connectivity index (χ0v) is 18.7. The van der Waals surface area contributed by atoms with E-state index in [-0.39, 0.29) is 11.9 Å². The van der Waals surface area contributed by atoms with Gasteiger partial charge in [-0.1, -0.05) is 41.9 Å². The minimum Gasteiger partial charge on any atom is -0.459 e. The van der Waals surface area contributed by atoms with E-state index in [2.05, 4.69) is 10.3 Å². The van der Waals surface area contributed by atoms with Crippen LogP contribution in [0, 0.1) is 12.7 Å². The highest BCUT2D eigenvalue weighted by molar-refractivity contribution is 7.80. The van der Waals surface area contributed by atoms with Gasteiger partial charge in [-0.3, -0.25) is 4.98 Å². The molecule has 0 amide bonds. The third-order valence-electron chi connectivity index (χ3n) is 5.66. The number of para-hydroxylation sites is 1. The van der Waals surface area contributed by atoms with Gasteiger partial charge in [0.25, 0.3) is 0 Å². The Balaban J connectivity index is 1.63. The molecule has 1 N–H and O–H groups in total. The van der Waals surface area contributed by atoms with Crippen molar-refractivity contribution in [2.24, 2.45) is 0 Å². The average Bonchev–Trinajstić information content (AvgIpc) is 3.41. The number of anilines is 1. The van der Waals surface area contributed by atoms with Crippen LogP contribution in [0.4, 0.5) is 10.1 Å². The predicted octanol–water partition coefficient (Wildman–Crippen LogP) is 6.62. The van der Waals surface area contributed by atoms with Crippen molar-refractivity contribution in [2.75, 3.05) is 4.90 Å². The Labute approximate surface area is 195 Å². The molecular formula is C25H19ClFN3OS. The van der Waals surface area contributed by atoms with Gasteiger partial charge in [0, 0.05) is 16.8 Å². The average molecular weight is 464 g/mol. The van der Waals surface area contributed by atoms with E-state index in [1.54, 1.807) is 29.3 Å². The van der Waals surface area contributed by atoms with Crippen LogP contribution in [-0.2, 0) is 0 Å². The maximum atomic E-state index is 14.8. The van der Waals surface area contributed by atoms with Crippen LogP contribution >= 0.6 is 23.8 Å². The maximum absolute atomic E-state index is 14.8. The molecular weight excluding hydrogens is 445 g/mol. The first-order valence-electron chi connectivity index (χ1n) is 10.1. The summed E-state index contributed by atoms with van der Waals surface area (Å²) in [6, 6.07) is 21.0. The summed E-state index contributed by atoms with van der Waals surface area (Å²) >= 11 is 11.9. The van der Waals surface area contributed by atoms with Crippen LogP contribution in [0.1, 0.15) is 29.1 Å². The number of aromatic nitrogens is 1. The van der Waals surface area contributed by atoms with E-state index in [1.807, 2.05) is 55.5 Å². The number of halogens is 2. The van der Waals surface area contributed by atoms with Crippen LogP contribution in [0.3, 0.4) is 0 Å². The van der Waals surface area contributed by atoms with Gasteiger partial charge in [0.1, 0.15) is 23.4 Å². The highest BCUT2D eigenvalue weighted by Gasteiger charge is 2.43. The molecule has 5 rings (SSSR count). The number of pyridine rings is 1. The molecule has 3 heterocycles. The zero-order valence-electron chi connectivity index (χ0n) is 17.1. The van der Waals surface area contributed by atoms with Crippen LogP contribution in [0.25, 0.3) is 11.3 Å². The third kappa shape index (κ3) is 3.55. The predicted molar refractivity (Wildman–Crippen MR) is 128 cm³/mol. The number of hydrogen-bond donors (Lipinski definition) is 1. The molecule has 160 valence electrons. The van der Waals surface area contributed by atoms with Crippen LogP contribution in [-0.4, -0.2) is 10.1 Å². The topological polar surface area (TPSA) is 41.3 Å². The molecule has 2 unspecified atom stereocenters. The van der Waals surface area contributed by atoms with E-state index in [1.165, 1.54) is 6.07 Å². The summed E-state index contributed by atoms with van der Waals surface area (Å²) in [5.74, 6) is 0.970. The molecule has 1 aliphatic rings. The second-order valence-corrected chi connectivity index (χ2v) is 8.36. The number of nitrogens with one attached hydrogen (secondary N) is 1. The summed E-state index contributed by atoms with van der Waals surface area (Å²) in [7, 11) is 0. The lowest BCUT2D eigenvalue weighted by atomic mass is 10.0. The van der Waals surface area contributed by atoms with Gasteiger partial charge in [0.15, 0.2) is 5.11 Å². The molecule has 4 aromatic rings. The normalized spacial score (nSPS) is 18.1. The van der Waals surface area contributed by atoms with Gasteiger partial charge in [-0.15, -0.1) is 0 Å². The van der Waals surface area contributed by atoms with Crippen molar-refractivity contribution < 1.29 is 8.81 Å². The largest absolute Gasteiger partial charge is 0.459 e. The molecule has 1 aliphatic heterocycles. The first-order valence-corrected chi connectivity index (χ1v) is 10.9. The minimum atomic E-state index is -0.428. The Morgan fingerprint density at radius 2 is 1.84 bits per heavy atom. The van der Waals surface area contributed by atoms with E-state index >= 15 is 0 Å². The fourth-order valence-electron chi connectivity index (χ4n) is 4.08. The van der Waals surface area contributed by atoms with Crippen molar-refractivity contribution in [1.29, 1.82) is 0 Å². The Bertz CT molecular complexity index is 1290. The molecule has 1 fully saturated rings. The van der Waals surface area contributed by atoms with Gasteiger partial charge >= 0.3 is 0 Å². The standard InChI is InChI=1S/C25H19ClFN3OS/c1-15-16(7-6-8-17(15)26)21-12-13-22(31-21)24-23(19-10-4-5-14-28-19)29-25(32)30(24)20-11-3-2-9-18(20)27/h2-14,23-24H,1H3,(H,29,32). The van der Waals surface area contributed by atoms with E-state index in [9.17, 15) is 4.39 Å². The number of nitrogens with zero attached hydrogens (tertiary/aromatic N) is 2. The fraction of sp³-hybridized carbons (Fsp3) is 0.120. The minimum absolute atomic E-state index is 0.317. The SMILES string of the molecule is Cc1c(Cl)cccc1-c1ccc(C2C(c3ccccn3)NC(=S)N2c2ccccc2F)o1. The van der Waals surface area contributed by atoms with Crippen molar-refractivity contribution in [3.8, 4) is 11.3 Å². The first kappa shape index (κ1) is 20.7. The monoisotopic (exact) mass is 463 g/mol. The molecule has 7 heteroatoms. The fourth-order valence-corrected chi connectivity index (χ4v) is 4.59. The van der Waals surface area contributed by atoms with Crippen molar-refractivity contribution in [1.82, 2.24) is 10.3 Å². The molecule has 1 saturated heterocycles. The van der Waals surface area contributed by atoms with Gasteiger partial charge in [-0.05, 0) is 67.2 Å². The molecule has 0 spiro atoms. The van der Waals surface area contributed by atoms with Crippen LogP contribution in [0.2, 0.25) is 5.02 Å². The highest BCUT2D eigenvalue weighted by Crippen LogP contribution is 2.43. The molecule has 0 aliphatic carbocycles. The smallest absolute Gasteiger partial charge is 0.174 e.